The monoisotopic (exact) mass is 567 g/mol. The van der Waals surface area contributed by atoms with E-state index in [2.05, 4.69) is 25.9 Å². The Labute approximate surface area is 234 Å². The fourth-order valence-electron chi connectivity index (χ4n) is 5.00. The zero-order valence-electron chi connectivity index (χ0n) is 21.5. The molecular formula is C29H28F3N5O2S. The van der Waals surface area contributed by atoms with E-state index < -0.39 is 22.9 Å². The van der Waals surface area contributed by atoms with E-state index in [-0.39, 0.29) is 6.04 Å². The molecule has 2 fully saturated rings. The maximum atomic E-state index is 13.2. The molecule has 2 aromatic carbocycles. The molecule has 0 radical (unpaired) electrons. The Morgan fingerprint density at radius 2 is 1.82 bits per heavy atom. The molecule has 0 unspecified atom stereocenters. The zero-order chi connectivity index (χ0) is 28.1. The Morgan fingerprint density at radius 1 is 1.02 bits per heavy atom. The number of carbonyl (C=O) groups is 2. The lowest BCUT2D eigenvalue weighted by molar-refractivity contribution is -0.137. The van der Waals surface area contributed by atoms with Crippen molar-refractivity contribution in [1.82, 2.24) is 20.6 Å². The summed E-state index contributed by atoms with van der Waals surface area (Å²) in [6, 6.07) is 14.9. The lowest BCUT2D eigenvalue weighted by Crippen LogP contribution is -2.31. The van der Waals surface area contributed by atoms with Crippen molar-refractivity contribution in [3.05, 3.63) is 82.5 Å². The number of rotatable bonds is 8. The van der Waals surface area contributed by atoms with Crippen molar-refractivity contribution in [1.29, 1.82) is 0 Å². The van der Waals surface area contributed by atoms with E-state index in [0.717, 1.165) is 61.2 Å². The summed E-state index contributed by atoms with van der Waals surface area (Å²) in [5.41, 5.74) is 2.21. The third-order valence-electron chi connectivity index (χ3n) is 7.04. The molecule has 2 amide bonds. The third-order valence-corrected chi connectivity index (χ3v) is 7.86. The molecule has 208 valence electrons. The second-order valence-electron chi connectivity index (χ2n) is 9.89. The minimum absolute atomic E-state index is 0.228. The van der Waals surface area contributed by atoms with Gasteiger partial charge in [0.25, 0.3) is 11.1 Å². The van der Waals surface area contributed by atoms with E-state index in [4.69, 9.17) is 0 Å². The van der Waals surface area contributed by atoms with E-state index in [9.17, 15) is 22.8 Å². The fraction of sp³-hybridized carbons (Fsp3) is 0.310. The fourth-order valence-corrected chi connectivity index (χ4v) is 5.67. The number of anilines is 1. The molecule has 3 aromatic rings. The number of nitrogens with zero attached hydrogens (tertiary/aromatic N) is 2. The van der Waals surface area contributed by atoms with Crippen molar-refractivity contribution < 1.29 is 22.8 Å². The number of halogens is 3. The van der Waals surface area contributed by atoms with Crippen LogP contribution in [0.15, 0.2) is 65.7 Å². The molecule has 7 nitrogen and oxygen atoms in total. The van der Waals surface area contributed by atoms with Crippen molar-refractivity contribution in [3.8, 4) is 11.1 Å². The van der Waals surface area contributed by atoms with Crippen LogP contribution in [0.1, 0.15) is 42.5 Å². The highest BCUT2D eigenvalue weighted by atomic mass is 32.2. The topological polar surface area (TPSA) is 96.0 Å². The van der Waals surface area contributed by atoms with Gasteiger partial charge < -0.3 is 10.6 Å². The Morgan fingerprint density at radius 3 is 2.58 bits per heavy atom. The van der Waals surface area contributed by atoms with Crippen LogP contribution in [0.5, 0.6) is 0 Å². The zero-order valence-corrected chi connectivity index (χ0v) is 22.3. The van der Waals surface area contributed by atoms with Gasteiger partial charge in [0.15, 0.2) is 0 Å². The number of alkyl halides is 3. The number of imide groups is 1. The van der Waals surface area contributed by atoms with E-state index in [0.29, 0.717) is 34.6 Å². The molecule has 1 aliphatic carbocycles. The molecule has 11 heteroatoms. The Bertz CT molecular complexity index is 1420. The van der Waals surface area contributed by atoms with Gasteiger partial charge in [0, 0.05) is 18.8 Å². The lowest BCUT2D eigenvalue weighted by atomic mass is 9.86. The van der Waals surface area contributed by atoms with Gasteiger partial charge in [-0.1, -0.05) is 36.4 Å². The van der Waals surface area contributed by atoms with Crippen molar-refractivity contribution in [2.24, 2.45) is 5.92 Å². The number of carbonyl (C=O) groups excluding carboxylic acids is 2. The highest BCUT2D eigenvalue weighted by molar-refractivity contribution is 8.18. The molecule has 0 bridgehead atoms. The molecular weight excluding hydrogens is 539 g/mol. The van der Waals surface area contributed by atoms with Crippen LogP contribution >= 0.6 is 11.8 Å². The van der Waals surface area contributed by atoms with Crippen LogP contribution in [-0.4, -0.2) is 33.7 Å². The maximum Gasteiger partial charge on any atom is 0.416 e. The van der Waals surface area contributed by atoms with Gasteiger partial charge >= 0.3 is 6.18 Å². The first-order chi connectivity index (χ1) is 19.2. The molecule has 1 aliphatic heterocycles. The summed E-state index contributed by atoms with van der Waals surface area (Å²) in [6.07, 6.45) is 2.76. The predicted octanol–water partition coefficient (Wildman–Crippen LogP) is 6.25. The molecule has 2 heterocycles. The first-order valence-electron chi connectivity index (χ1n) is 13.1. The normalized spacial score (nSPS) is 20.5. The van der Waals surface area contributed by atoms with Gasteiger partial charge in [-0.25, -0.2) is 9.97 Å². The average molecular weight is 568 g/mol. The molecule has 1 aromatic heterocycles. The molecule has 2 aliphatic rings. The lowest BCUT2D eigenvalue weighted by Gasteiger charge is -2.29. The van der Waals surface area contributed by atoms with Gasteiger partial charge in [0.2, 0.25) is 5.95 Å². The Balaban J connectivity index is 1.11. The van der Waals surface area contributed by atoms with Crippen LogP contribution in [0.25, 0.3) is 17.2 Å². The highest BCUT2D eigenvalue weighted by Crippen LogP contribution is 2.33. The van der Waals surface area contributed by atoms with Crippen LogP contribution in [0, 0.1) is 5.92 Å². The quantitative estimate of drug-likeness (QED) is 0.277. The molecule has 1 saturated carbocycles. The summed E-state index contributed by atoms with van der Waals surface area (Å²) in [5, 5.41) is 8.72. The second kappa shape index (κ2) is 12.2. The van der Waals surface area contributed by atoms with Crippen molar-refractivity contribution in [3.63, 3.8) is 0 Å². The Hall–Kier alpha value is -3.70. The summed E-state index contributed by atoms with van der Waals surface area (Å²) in [4.78, 5) is 32.2. The number of benzene rings is 2. The van der Waals surface area contributed by atoms with Crippen molar-refractivity contribution in [2.45, 2.75) is 44.4 Å². The van der Waals surface area contributed by atoms with E-state index in [1.807, 2.05) is 24.3 Å². The molecule has 1 saturated heterocycles. The molecule has 0 spiro atoms. The van der Waals surface area contributed by atoms with Gasteiger partial charge in [-0.15, -0.1) is 0 Å². The van der Waals surface area contributed by atoms with Crippen LogP contribution in [-0.2, 0) is 17.5 Å². The molecule has 40 heavy (non-hydrogen) atoms. The summed E-state index contributed by atoms with van der Waals surface area (Å²) in [6.45, 7) is 1.39. The SMILES string of the molecule is O=C1NC(=O)C(=Cc2ccnc(NC3CCC(CNCc4ccccc4-c4cccc(C(F)(F)F)c4)CC3)n2)S1. The summed E-state index contributed by atoms with van der Waals surface area (Å²) < 4.78 is 39.6. The smallest absolute Gasteiger partial charge is 0.351 e. The first-order valence-corrected chi connectivity index (χ1v) is 13.9. The van der Waals surface area contributed by atoms with Gasteiger partial charge in [-0.3, -0.25) is 14.9 Å². The molecule has 0 atom stereocenters. The largest absolute Gasteiger partial charge is 0.416 e. The van der Waals surface area contributed by atoms with Crippen LogP contribution in [0.2, 0.25) is 0 Å². The van der Waals surface area contributed by atoms with Crippen LogP contribution in [0.4, 0.5) is 23.9 Å². The first kappa shape index (κ1) is 27.9. The van der Waals surface area contributed by atoms with Crippen LogP contribution < -0.4 is 16.0 Å². The number of thioether (sulfide) groups is 1. The average Bonchev–Trinajstić information content (AvgIpc) is 3.25. The van der Waals surface area contributed by atoms with E-state index in [1.165, 1.54) is 12.1 Å². The summed E-state index contributed by atoms with van der Waals surface area (Å²) >= 11 is 0.850. The minimum atomic E-state index is -4.38. The minimum Gasteiger partial charge on any atom is -0.351 e. The number of aromatic nitrogens is 2. The van der Waals surface area contributed by atoms with E-state index in [1.54, 1.807) is 24.4 Å². The third kappa shape index (κ3) is 7.08. The van der Waals surface area contributed by atoms with Crippen LogP contribution in [0.3, 0.4) is 0 Å². The second-order valence-corrected chi connectivity index (χ2v) is 10.9. The summed E-state index contributed by atoms with van der Waals surface area (Å²) in [7, 11) is 0. The van der Waals surface area contributed by atoms with Gasteiger partial charge in [-0.05, 0) is 90.9 Å². The van der Waals surface area contributed by atoms with Gasteiger partial charge in [0.1, 0.15) is 0 Å². The standard InChI is InChI=1S/C29H28F3N5O2S/c30-29(31,32)21-6-3-5-19(14-21)24-7-2-1-4-20(24)17-33-16-18-8-10-22(11-9-18)35-27-34-13-12-23(36-27)15-25-26(38)37-28(39)40-25/h1-7,12-15,18,22,33H,8-11,16-17H2,(H,34,35,36)(H,37,38,39). The highest BCUT2D eigenvalue weighted by Gasteiger charge is 2.30. The number of hydrogen-bond acceptors (Lipinski definition) is 7. The predicted molar refractivity (Wildman–Crippen MR) is 149 cm³/mol. The number of amides is 2. The van der Waals surface area contributed by atoms with Crippen molar-refractivity contribution in [2.75, 3.05) is 11.9 Å². The molecule has 5 rings (SSSR count). The molecule has 3 N–H and O–H groups in total. The van der Waals surface area contributed by atoms with Gasteiger partial charge in [0.05, 0.1) is 16.2 Å². The Kier molecular flexibility index (Phi) is 8.51. The summed E-state index contributed by atoms with van der Waals surface area (Å²) in [5.74, 6) is 0.553. The van der Waals surface area contributed by atoms with E-state index >= 15 is 0 Å². The number of nitrogens with one attached hydrogen (secondary N) is 3. The van der Waals surface area contributed by atoms with Gasteiger partial charge in [-0.2, -0.15) is 13.2 Å². The maximum absolute atomic E-state index is 13.2. The van der Waals surface area contributed by atoms with Crippen molar-refractivity contribution >= 4 is 34.9 Å². The number of hydrogen-bond donors (Lipinski definition) is 3.